The average molecular weight is 322 g/mol. The van der Waals surface area contributed by atoms with Crippen LogP contribution in [-0.4, -0.2) is 33.6 Å². The number of rotatable bonds is 1. The molecule has 0 bridgehead atoms. The molecule has 3 heteroatoms. The van der Waals surface area contributed by atoms with Crippen LogP contribution in [0.15, 0.2) is 12.7 Å². The van der Waals surface area contributed by atoms with Crippen LogP contribution < -0.4 is 0 Å². The van der Waals surface area contributed by atoms with E-state index < -0.39 is 11.7 Å². The summed E-state index contributed by atoms with van der Waals surface area (Å²) in [5.74, 6) is 0.645. The highest BCUT2D eigenvalue weighted by Gasteiger charge is 2.65. The van der Waals surface area contributed by atoms with Crippen molar-refractivity contribution < 1.29 is 14.9 Å². The molecule has 0 spiro atoms. The van der Waals surface area contributed by atoms with Gasteiger partial charge in [0.05, 0.1) is 23.4 Å². The minimum atomic E-state index is -0.523. The van der Waals surface area contributed by atoms with Crippen LogP contribution in [0.1, 0.15) is 66.7 Å². The third-order valence-electron chi connectivity index (χ3n) is 7.93. The molecule has 3 aliphatic rings. The zero-order valence-electron chi connectivity index (χ0n) is 15.4. The summed E-state index contributed by atoms with van der Waals surface area (Å²) in [4.78, 5) is 0. The molecule has 0 amide bonds. The Morgan fingerprint density at radius 1 is 0.957 bits per heavy atom. The smallest absolute Gasteiger partial charge is 0.0957 e. The Morgan fingerprint density at radius 2 is 1.61 bits per heavy atom. The first-order valence-electron chi connectivity index (χ1n) is 9.19. The fourth-order valence-electron chi connectivity index (χ4n) is 6.29. The lowest BCUT2D eigenvalue weighted by atomic mass is 9.43. The highest BCUT2D eigenvalue weighted by atomic mass is 16.5. The summed E-state index contributed by atoms with van der Waals surface area (Å²) < 4.78 is 6.51. The molecular weight excluding hydrogens is 288 g/mol. The van der Waals surface area contributed by atoms with E-state index in [0.29, 0.717) is 18.3 Å². The molecule has 0 radical (unpaired) electrons. The Morgan fingerprint density at radius 3 is 2.22 bits per heavy atom. The molecule has 2 saturated carbocycles. The van der Waals surface area contributed by atoms with E-state index in [2.05, 4.69) is 41.2 Å². The van der Waals surface area contributed by atoms with Gasteiger partial charge in [0, 0.05) is 0 Å². The third kappa shape index (κ3) is 2.26. The standard InChI is InChI=1S/C20H34O3/c1-7-18(4)10-8-13-19(5)11-9-15(21)17(2,3)14(19)12-16(22)20(13,6)23-18/h7,13-16,21-22H,1,8-12H2,2-6H3. The lowest BCUT2D eigenvalue weighted by Crippen LogP contribution is -2.69. The van der Waals surface area contributed by atoms with Crippen molar-refractivity contribution in [3.63, 3.8) is 0 Å². The molecule has 7 atom stereocenters. The minimum absolute atomic E-state index is 0.110. The van der Waals surface area contributed by atoms with Crippen LogP contribution in [0, 0.1) is 22.7 Å². The molecular formula is C20H34O3. The summed E-state index contributed by atoms with van der Waals surface area (Å²) in [7, 11) is 0. The third-order valence-corrected chi connectivity index (χ3v) is 7.93. The van der Waals surface area contributed by atoms with Crippen molar-refractivity contribution in [2.45, 2.75) is 90.1 Å². The zero-order valence-corrected chi connectivity index (χ0v) is 15.4. The highest BCUT2D eigenvalue weighted by Crippen LogP contribution is 2.65. The van der Waals surface area contributed by atoms with Gasteiger partial charge < -0.3 is 14.9 Å². The summed E-state index contributed by atoms with van der Waals surface area (Å²) in [6, 6.07) is 0. The largest absolute Gasteiger partial charge is 0.393 e. The molecule has 1 heterocycles. The average Bonchev–Trinajstić information content (AvgIpc) is 2.47. The van der Waals surface area contributed by atoms with Crippen molar-refractivity contribution >= 4 is 0 Å². The van der Waals surface area contributed by atoms with Crippen molar-refractivity contribution in [2.24, 2.45) is 22.7 Å². The SMILES string of the molecule is C=CC1(C)CCC2C3(C)CCC(O)C(C)(C)C3CC(O)C2(C)O1. The summed E-state index contributed by atoms with van der Waals surface area (Å²) in [6.45, 7) is 14.8. The number of fused-ring (bicyclic) bond motifs is 3. The van der Waals surface area contributed by atoms with Crippen molar-refractivity contribution in [1.29, 1.82) is 0 Å². The Balaban J connectivity index is 2.01. The number of ether oxygens (including phenoxy) is 1. The molecule has 3 fully saturated rings. The second kappa shape index (κ2) is 5.06. The van der Waals surface area contributed by atoms with Gasteiger partial charge in [0.2, 0.25) is 0 Å². The molecule has 7 unspecified atom stereocenters. The molecule has 132 valence electrons. The fourth-order valence-corrected chi connectivity index (χ4v) is 6.29. The minimum Gasteiger partial charge on any atom is -0.393 e. The predicted octanol–water partition coefficient (Wildman–Crippen LogP) is 3.68. The second-order valence-electron chi connectivity index (χ2n) is 9.58. The molecule has 0 aromatic rings. The maximum absolute atomic E-state index is 11.0. The maximum Gasteiger partial charge on any atom is 0.0957 e. The summed E-state index contributed by atoms with van der Waals surface area (Å²) in [6.07, 6.45) is 5.70. The van der Waals surface area contributed by atoms with Crippen molar-refractivity contribution in [3.05, 3.63) is 12.7 Å². The normalized spacial score (nSPS) is 55.6. The van der Waals surface area contributed by atoms with Crippen LogP contribution in [0.5, 0.6) is 0 Å². The zero-order chi connectivity index (χ0) is 17.3. The van der Waals surface area contributed by atoms with Gasteiger partial charge in [-0.1, -0.05) is 26.8 Å². The Kier molecular flexibility index (Phi) is 3.84. The fraction of sp³-hybridized carbons (Fsp3) is 0.900. The van der Waals surface area contributed by atoms with E-state index >= 15 is 0 Å². The van der Waals surface area contributed by atoms with Gasteiger partial charge in [0.15, 0.2) is 0 Å². The molecule has 0 aromatic heterocycles. The number of aliphatic hydroxyl groups excluding tert-OH is 2. The molecule has 0 aromatic carbocycles. The van der Waals surface area contributed by atoms with Crippen molar-refractivity contribution in [3.8, 4) is 0 Å². The number of aliphatic hydroxyl groups is 2. The summed E-state index contributed by atoms with van der Waals surface area (Å²) in [5, 5.41) is 21.6. The molecule has 1 saturated heterocycles. The van der Waals surface area contributed by atoms with Gasteiger partial charge in [-0.15, -0.1) is 6.58 Å². The van der Waals surface area contributed by atoms with Crippen LogP contribution >= 0.6 is 0 Å². The topological polar surface area (TPSA) is 49.7 Å². The quantitative estimate of drug-likeness (QED) is 0.724. The van der Waals surface area contributed by atoms with E-state index in [9.17, 15) is 10.2 Å². The van der Waals surface area contributed by atoms with Gasteiger partial charge in [-0.25, -0.2) is 0 Å². The van der Waals surface area contributed by atoms with Crippen LogP contribution in [0.4, 0.5) is 0 Å². The maximum atomic E-state index is 11.0. The van der Waals surface area contributed by atoms with E-state index in [0.717, 1.165) is 25.7 Å². The lowest BCUT2D eigenvalue weighted by molar-refractivity contribution is -0.297. The number of hydrogen-bond donors (Lipinski definition) is 2. The van der Waals surface area contributed by atoms with Crippen LogP contribution in [0.25, 0.3) is 0 Å². The van der Waals surface area contributed by atoms with Crippen LogP contribution in [0.2, 0.25) is 0 Å². The predicted molar refractivity (Wildman–Crippen MR) is 92.1 cm³/mol. The first-order chi connectivity index (χ1) is 10.5. The summed E-state index contributed by atoms with van der Waals surface area (Å²) >= 11 is 0. The van der Waals surface area contributed by atoms with Crippen molar-refractivity contribution in [1.82, 2.24) is 0 Å². The van der Waals surface area contributed by atoms with Gasteiger partial charge in [-0.3, -0.25) is 0 Å². The van der Waals surface area contributed by atoms with E-state index in [1.165, 1.54) is 0 Å². The van der Waals surface area contributed by atoms with E-state index in [1.807, 2.05) is 6.08 Å². The van der Waals surface area contributed by atoms with Gasteiger partial charge in [0.1, 0.15) is 0 Å². The van der Waals surface area contributed by atoms with E-state index in [-0.39, 0.29) is 22.5 Å². The molecule has 2 aliphatic carbocycles. The van der Waals surface area contributed by atoms with Gasteiger partial charge >= 0.3 is 0 Å². The monoisotopic (exact) mass is 322 g/mol. The number of hydrogen-bond acceptors (Lipinski definition) is 3. The first-order valence-corrected chi connectivity index (χ1v) is 9.19. The molecule has 1 aliphatic heterocycles. The van der Waals surface area contributed by atoms with Crippen molar-refractivity contribution in [2.75, 3.05) is 0 Å². The van der Waals surface area contributed by atoms with Crippen LogP contribution in [0.3, 0.4) is 0 Å². The molecule has 2 N–H and O–H groups in total. The summed E-state index contributed by atoms with van der Waals surface area (Å²) in [5.41, 5.74) is -0.919. The van der Waals surface area contributed by atoms with E-state index in [4.69, 9.17) is 4.74 Å². The second-order valence-corrected chi connectivity index (χ2v) is 9.58. The van der Waals surface area contributed by atoms with Gasteiger partial charge in [-0.2, -0.15) is 0 Å². The Bertz CT molecular complexity index is 501. The Labute approximate surface area is 141 Å². The Hall–Kier alpha value is -0.380. The molecule has 3 rings (SSSR count). The van der Waals surface area contributed by atoms with Crippen LogP contribution in [-0.2, 0) is 4.74 Å². The lowest BCUT2D eigenvalue weighted by Gasteiger charge is -2.67. The van der Waals surface area contributed by atoms with Gasteiger partial charge in [-0.05, 0) is 68.6 Å². The molecule has 3 nitrogen and oxygen atoms in total. The molecule has 23 heavy (non-hydrogen) atoms. The van der Waals surface area contributed by atoms with Gasteiger partial charge in [0.25, 0.3) is 0 Å². The highest BCUT2D eigenvalue weighted by molar-refractivity contribution is 5.16. The first kappa shape index (κ1) is 17.4. The van der Waals surface area contributed by atoms with E-state index in [1.54, 1.807) is 0 Å².